The van der Waals surface area contributed by atoms with E-state index in [0.29, 0.717) is 6.42 Å². The Labute approximate surface area is 194 Å². The van der Waals surface area contributed by atoms with Gasteiger partial charge in [0.15, 0.2) is 17.4 Å². The van der Waals surface area contributed by atoms with E-state index >= 15 is 0 Å². The topological polar surface area (TPSA) is 37.3 Å². The Bertz CT molecular complexity index is 307. The van der Waals surface area contributed by atoms with E-state index in [2.05, 4.69) is 6.92 Å². The van der Waals surface area contributed by atoms with Crippen molar-refractivity contribution in [1.82, 2.24) is 0 Å². The molecular formula is C26H55AlO2. The minimum Gasteiger partial charge on any atom is -0.481 e. The maximum absolute atomic E-state index is 10.4. The zero-order valence-corrected chi connectivity index (χ0v) is 19.3. The number of rotatable bonds is 24. The van der Waals surface area contributed by atoms with Crippen LogP contribution in [0.4, 0.5) is 0 Å². The first kappa shape index (κ1) is 31.2. The number of carboxylic acid groups (broad SMARTS) is 1. The van der Waals surface area contributed by atoms with Gasteiger partial charge >= 0.3 is 5.97 Å². The first-order valence-corrected chi connectivity index (χ1v) is 13.0. The Balaban J connectivity index is 0. The molecule has 0 aliphatic heterocycles. The Morgan fingerprint density at radius 2 is 0.655 bits per heavy atom. The lowest BCUT2D eigenvalue weighted by Crippen LogP contribution is -1.93. The number of carboxylic acids is 1. The van der Waals surface area contributed by atoms with Crippen LogP contribution in [0.15, 0.2) is 0 Å². The first-order chi connectivity index (χ1) is 13.8. The molecule has 0 atom stereocenters. The van der Waals surface area contributed by atoms with E-state index < -0.39 is 5.97 Å². The number of unbranched alkanes of at least 4 members (excludes halogenated alkanes) is 22. The van der Waals surface area contributed by atoms with Crippen LogP contribution in [0.1, 0.15) is 161 Å². The molecule has 0 aromatic heterocycles. The lowest BCUT2D eigenvalue weighted by molar-refractivity contribution is -0.137. The molecule has 0 saturated heterocycles. The zero-order chi connectivity index (χ0) is 20.5. The first-order valence-electron chi connectivity index (χ1n) is 13.0. The Hall–Kier alpha value is 0.00247. The molecule has 0 rings (SSSR count). The van der Waals surface area contributed by atoms with Crippen LogP contribution in [-0.4, -0.2) is 28.4 Å². The monoisotopic (exact) mass is 426 g/mol. The van der Waals surface area contributed by atoms with Gasteiger partial charge in [-0.25, -0.2) is 0 Å². The van der Waals surface area contributed by atoms with Crippen LogP contribution >= 0.6 is 0 Å². The predicted octanol–water partition coefficient (Wildman–Crippen LogP) is 8.27. The molecule has 0 unspecified atom stereocenters. The molecule has 0 amide bonds. The molecule has 0 spiro atoms. The molecule has 0 aromatic rings. The van der Waals surface area contributed by atoms with Gasteiger partial charge in [-0.15, -0.1) is 0 Å². The summed E-state index contributed by atoms with van der Waals surface area (Å²) in [6.45, 7) is 2.29. The molecule has 2 nitrogen and oxygen atoms in total. The van der Waals surface area contributed by atoms with Gasteiger partial charge in [0.1, 0.15) is 0 Å². The summed E-state index contributed by atoms with van der Waals surface area (Å²) in [6.07, 6.45) is 32.0. The van der Waals surface area contributed by atoms with Crippen LogP contribution in [0, 0.1) is 0 Å². The average Bonchev–Trinajstić information content (AvgIpc) is 2.68. The summed E-state index contributed by atoms with van der Waals surface area (Å²) < 4.78 is 0. The predicted molar refractivity (Wildman–Crippen MR) is 134 cm³/mol. The highest BCUT2D eigenvalue weighted by atomic mass is 27.0. The summed E-state index contributed by atoms with van der Waals surface area (Å²) in [5.74, 6) is -0.650. The van der Waals surface area contributed by atoms with Gasteiger partial charge in [-0.05, 0) is 6.42 Å². The molecule has 0 saturated carbocycles. The molecule has 0 bridgehead atoms. The van der Waals surface area contributed by atoms with Gasteiger partial charge in [0.25, 0.3) is 0 Å². The van der Waals surface area contributed by atoms with E-state index in [1.807, 2.05) is 0 Å². The van der Waals surface area contributed by atoms with Crippen LogP contribution in [0.3, 0.4) is 0 Å². The fourth-order valence-corrected chi connectivity index (χ4v) is 4.06. The molecule has 3 heteroatoms. The maximum Gasteiger partial charge on any atom is 0.303 e. The third kappa shape index (κ3) is 30.3. The quantitative estimate of drug-likeness (QED) is 0.124. The van der Waals surface area contributed by atoms with Gasteiger partial charge in [0.2, 0.25) is 0 Å². The SMILES string of the molecule is CCCCCCCCCCCCCCCCCCCCCCCCCC(=O)O.[AlH3]. The van der Waals surface area contributed by atoms with E-state index in [1.54, 1.807) is 0 Å². The fraction of sp³-hybridized carbons (Fsp3) is 0.962. The van der Waals surface area contributed by atoms with Crippen molar-refractivity contribution in [1.29, 1.82) is 0 Å². The normalized spacial score (nSPS) is 10.8. The molecule has 0 aromatic carbocycles. The largest absolute Gasteiger partial charge is 0.481 e. The van der Waals surface area contributed by atoms with Crippen molar-refractivity contribution < 1.29 is 9.90 Å². The van der Waals surface area contributed by atoms with E-state index in [4.69, 9.17) is 5.11 Å². The van der Waals surface area contributed by atoms with Crippen molar-refractivity contribution in [2.24, 2.45) is 0 Å². The Morgan fingerprint density at radius 3 is 0.862 bits per heavy atom. The van der Waals surface area contributed by atoms with Gasteiger partial charge < -0.3 is 5.11 Å². The molecule has 0 fully saturated rings. The molecule has 174 valence electrons. The molecule has 0 heterocycles. The van der Waals surface area contributed by atoms with Crippen LogP contribution in [0.5, 0.6) is 0 Å². The summed E-state index contributed by atoms with van der Waals surface area (Å²) >= 11 is 0. The summed E-state index contributed by atoms with van der Waals surface area (Å²) in [5.41, 5.74) is 0. The van der Waals surface area contributed by atoms with E-state index in [9.17, 15) is 4.79 Å². The van der Waals surface area contributed by atoms with E-state index in [-0.39, 0.29) is 17.4 Å². The Kier molecular flexibility index (Phi) is 30.1. The van der Waals surface area contributed by atoms with Gasteiger partial charge in [0.05, 0.1) is 0 Å². The van der Waals surface area contributed by atoms with Gasteiger partial charge in [-0.3, -0.25) is 4.79 Å². The lowest BCUT2D eigenvalue weighted by Gasteiger charge is -2.04. The second-order valence-corrected chi connectivity index (χ2v) is 8.92. The standard InChI is InChI=1S/C26H52O2.Al.3H/c1-2-3-4-5-6-7-8-9-10-11-12-13-14-15-16-17-18-19-20-21-22-23-24-25-26(27)28;;;;/h2-25H2,1H3,(H,27,28);;;;. The van der Waals surface area contributed by atoms with E-state index in [0.717, 1.165) is 12.8 Å². The van der Waals surface area contributed by atoms with Crippen LogP contribution < -0.4 is 0 Å². The molecule has 1 N–H and O–H groups in total. The van der Waals surface area contributed by atoms with Gasteiger partial charge in [-0.2, -0.15) is 0 Å². The summed E-state index contributed by atoms with van der Waals surface area (Å²) in [4.78, 5) is 10.4. The van der Waals surface area contributed by atoms with Crippen molar-refractivity contribution >= 4 is 23.3 Å². The summed E-state index contributed by atoms with van der Waals surface area (Å²) in [6, 6.07) is 0. The molecule has 29 heavy (non-hydrogen) atoms. The van der Waals surface area contributed by atoms with Crippen molar-refractivity contribution in [2.45, 2.75) is 161 Å². The summed E-state index contributed by atoms with van der Waals surface area (Å²) in [7, 11) is 0. The van der Waals surface area contributed by atoms with Gasteiger partial charge in [-0.1, -0.05) is 148 Å². The molecule has 0 aliphatic rings. The molecular weight excluding hydrogens is 371 g/mol. The van der Waals surface area contributed by atoms with Crippen molar-refractivity contribution in [3.63, 3.8) is 0 Å². The van der Waals surface area contributed by atoms with Crippen LogP contribution in [0.2, 0.25) is 0 Å². The zero-order valence-electron chi connectivity index (χ0n) is 19.3. The van der Waals surface area contributed by atoms with Crippen LogP contribution in [0.25, 0.3) is 0 Å². The van der Waals surface area contributed by atoms with E-state index in [1.165, 1.54) is 135 Å². The highest BCUT2D eigenvalue weighted by Crippen LogP contribution is 2.15. The van der Waals surface area contributed by atoms with Crippen molar-refractivity contribution in [3.8, 4) is 0 Å². The fourth-order valence-electron chi connectivity index (χ4n) is 4.06. The lowest BCUT2D eigenvalue weighted by atomic mass is 10.0. The number of hydrogen-bond acceptors (Lipinski definition) is 1. The number of hydrogen-bond donors (Lipinski definition) is 1. The highest BCUT2D eigenvalue weighted by molar-refractivity contribution is 5.75. The van der Waals surface area contributed by atoms with Crippen molar-refractivity contribution in [3.05, 3.63) is 0 Å². The molecule has 0 radical (unpaired) electrons. The smallest absolute Gasteiger partial charge is 0.303 e. The second kappa shape index (κ2) is 28.0. The molecule has 0 aliphatic carbocycles. The van der Waals surface area contributed by atoms with Gasteiger partial charge in [0, 0.05) is 6.42 Å². The number of carbonyl (C=O) groups is 1. The second-order valence-electron chi connectivity index (χ2n) is 8.92. The average molecular weight is 427 g/mol. The summed E-state index contributed by atoms with van der Waals surface area (Å²) in [5, 5.41) is 8.59. The highest BCUT2D eigenvalue weighted by Gasteiger charge is 1.97. The third-order valence-electron chi connectivity index (χ3n) is 5.99. The van der Waals surface area contributed by atoms with Crippen LogP contribution in [-0.2, 0) is 4.79 Å². The maximum atomic E-state index is 10.4. The minimum absolute atomic E-state index is 0. The number of aliphatic carboxylic acids is 1. The van der Waals surface area contributed by atoms with Crippen molar-refractivity contribution in [2.75, 3.05) is 0 Å². The Morgan fingerprint density at radius 1 is 0.448 bits per heavy atom. The third-order valence-corrected chi connectivity index (χ3v) is 5.99. The minimum atomic E-state index is -0.650.